The van der Waals surface area contributed by atoms with E-state index in [1.807, 2.05) is 24.4 Å². The summed E-state index contributed by atoms with van der Waals surface area (Å²) in [5.41, 5.74) is 2.34. The number of anilines is 2. The van der Waals surface area contributed by atoms with Gasteiger partial charge in [0.25, 0.3) is 0 Å². The molecule has 3 rings (SSSR count). The molecule has 0 aliphatic carbocycles. The Hall–Kier alpha value is -2.05. The first-order chi connectivity index (χ1) is 11.2. The van der Waals surface area contributed by atoms with Crippen molar-refractivity contribution in [3.05, 3.63) is 53.9 Å². The molecule has 0 fully saturated rings. The van der Waals surface area contributed by atoms with Crippen LogP contribution in [0.3, 0.4) is 0 Å². The third kappa shape index (κ3) is 3.83. The first-order valence-electron chi connectivity index (χ1n) is 7.12. The van der Waals surface area contributed by atoms with E-state index in [-0.39, 0.29) is 0 Å². The van der Waals surface area contributed by atoms with Crippen molar-refractivity contribution in [1.82, 2.24) is 9.97 Å². The zero-order valence-electron chi connectivity index (χ0n) is 13.2. The summed E-state index contributed by atoms with van der Waals surface area (Å²) in [4.78, 5) is 9.88. The molecule has 0 bridgehead atoms. The predicted molar refractivity (Wildman–Crippen MR) is 96.2 cm³/mol. The molecule has 0 atom stereocenters. The molecule has 1 aromatic carbocycles. The SMILES string of the molecule is COc1cc(C)c(Sc2cnc(Nc3ccccn3)s2)cc1C. The maximum atomic E-state index is 5.37. The van der Waals surface area contributed by atoms with E-state index < -0.39 is 0 Å². The van der Waals surface area contributed by atoms with Crippen molar-refractivity contribution in [1.29, 1.82) is 0 Å². The number of benzene rings is 1. The number of methoxy groups -OCH3 is 1. The molecule has 0 amide bonds. The van der Waals surface area contributed by atoms with Crippen molar-refractivity contribution in [2.24, 2.45) is 0 Å². The van der Waals surface area contributed by atoms with Crippen molar-refractivity contribution in [2.45, 2.75) is 23.0 Å². The van der Waals surface area contributed by atoms with Crippen LogP contribution < -0.4 is 10.1 Å². The zero-order chi connectivity index (χ0) is 16.2. The van der Waals surface area contributed by atoms with Crippen LogP contribution in [0.4, 0.5) is 10.9 Å². The second-order valence-corrected chi connectivity index (χ2v) is 7.39. The van der Waals surface area contributed by atoms with Crippen molar-refractivity contribution < 1.29 is 4.74 Å². The standard InChI is InChI=1S/C17H17N3OS2/c1-11-9-14(12(2)8-13(11)21-3)22-16-10-19-17(23-16)20-15-6-4-5-7-18-15/h4-10H,1-3H3,(H,18,19,20). The fourth-order valence-corrected chi connectivity index (χ4v) is 4.12. The van der Waals surface area contributed by atoms with Crippen LogP contribution in [0.25, 0.3) is 0 Å². The Kier molecular flexibility index (Phi) is 4.83. The van der Waals surface area contributed by atoms with Gasteiger partial charge in [0, 0.05) is 11.1 Å². The lowest BCUT2D eigenvalue weighted by atomic mass is 10.1. The van der Waals surface area contributed by atoms with Crippen LogP contribution in [0.2, 0.25) is 0 Å². The van der Waals surface area contributed by atoms with Gasteiger partial charge < -0.3 is 10.1 Å². The van der Waals surface area contributed by atoms with E-state index in [9.17, 15) is 0 Å². The summed E-state index contributed by atoms with van der Waals surface area (Å²) >= 11 is 3.34. The minimum atomic E-state index is 0.801. The molecule has 0 saturated heterocycles. The molecule has 23 heavy (non-hydrogen) atoms. The number of rotatable bonds is 5. The van der Waals surface area contributed by atoms with Gasteiger partial charge >= 0.3 is 0 Å². The number of aromatic nitrogens is 2. The van der Waals surface area contributed by atoms with Crippen LogP contribution in [0.1, 0.15) is 11.1 Å². The second kappa shape index (κ2) is 7.02. The van der Waals surface area contributed by atoms with Crippen molar-refractivity contribution >= 4 is 34.0 Å². The van der Waals surface area contributed by atoms with E-state index in [0.717, 1.165) is 26.5 Å². The van der Waals surface area contributed by atoms with Crippen molar-refractivity contribution in [3.63, 3.8) is 0 Å². The molecule has 2 aromatic heterocycles. The Balaban J connectivity index is 1.75. The second-order valence-electron chi connectivity index (χ2n) is 5.01. The van der Waals surface area contributed by atoms with E-state index in [4.69, 9.17) is 4.74 Å². The third-order valence-corrected chi connectivity index (χ3v) is 5.46. The summed E-state index contributed by atoms with van der Waals surface area (Å²) in [7, 11) is 1.70. The Labute approximate surface area is 144 Å². The molecule has 0 unspecified atom stereocenters. The largest absolute Gasteiger partial charge is 0.496 e. The van der Waals surface area contributed by atoms with E-state index in [1.54, 1.807) is 36.4 Å². The summed E-state index contributed by atoms with van der Waals surface area (Å²) in [5, 5.41) is 4.06. The van der Waals surface area contributed by atoms with Gasteiger partial charge in [-0.1, -0.05) is 29.2 Å². The van der Waals surface area contributed by atoms with Gasteiger partial charge in [0.2, 0.25) is 0 Å². The number of nitrogens with one attached hydrogen (secondary N) is 1. The molecule has 4 nitrogen and oxygen atoms in total. The topological polar surface area (TPSA) is 47.0 Å². The van der Waals surface area contributed by atoms with E-state index in [0.29, 0.717) is 0 Å². The normalized spacial score (nSPS) is 10.6. The number of hydrogen-bond acceptors (Lipinski definition) is 6. The summed E-state index contributed by atoms with van der Waals surface area (Å²) in [6.45, 7) is 4.15. The summed E-state index contributed by atoms with van der Waals surface area (Å²) in [6.07, 6.45) is 3.65. The number of pyridine rings is 1. The zero-order valence-corrected chi connectivity index (χ0v) is 14.8. The van der Waals surface area contributed by atoms with E-state index in [2.05, 4.69) is 41.3 Å². The van der Waals surface area contributed by atoms with Crippen molar-refractivity contribution in [3.8, 4) is 5.75 Å². The molecule has 0 aliphatic rings. The average molecular weight is 343 g/mol. The Morgan fingerprint density at radius 3 is 2.74 bits per heavy atom. The van der Waals surface area contributed by atoms with Crippen LogP contribution in [0.15, 0.2) is 51.8 Å². The number of hydrogen-bond donors (Lipinski definition) is 1. The lowest BCUT2D eigenvalue weighted by Crippen LogP contribution is -1.90. The highest BCUT2D eigenvalue weighted by Crippen LogP contribution is 2.38. The first-order valence-corrected chi connectivity index (χ1v) is 8.76. The minimum Gasteiger partial charge on any atom is -0.496 e. The van der Waals surface area contributed by atoms with Gasteiger partial charge in [-0.2, -0.15) is 0 Å². The maximum absolute atomic E-state index is 5.37. The molecular weight excluding hydrogens is 326 g/mol. The maximum Gasteiger partial charge on any atom is 0.189 e. The summed E-state index contributed by atoms with van der Waals surface area (Å²) in [6, 6.07) is 9.99. The fourth-order valence-electron chi connectivity index (χ4n) is 2.11. The van der Waals surface area contributed by atoms with Crippen LogP contribution in [-0.4, -0.2) is 17.1 Å². The summed E-state index contributed by atoms with van der Waals surface area (Å²) < 4.78 is 6.50. The van der Waals surface area contributed by atoms with Crippen LogP contribution in [0.5, 0.6) is 5.75 Å². The highest BCUT2D eigenvalue weighted by molar-refractivity contribution is 8.01. The molecule has 6 heteroatoms. The first kappa shape index (κ1) is 15.8. The molecule has 0 radical (unpaired) electrons. The quantitative estimate of drug-likeness (QED) is 0.702. The van der Waals surface area contributed by atoms with Gasteiger partial charge in [0.15, 0.2) is 5.13 Å². The average Bonchev–Trinajstić information content (AvgIpc) is 2.98. The lowest BCUT2D eigenvalue weighted by Gasteiger charge is -2.09. The van der Waals surface area contributed by atoms with Gasteiger partial charge in [-0.15, -0.1) is 0 Å². The highest BCUT2D eigenvalue weighted by atomic mass is 32.2. The van der Waals surface area contributed by atoms with Gasteiger partial charge in [-0.3, -0.25) is 0 Å². The summed E-state index contributed by atoms with van der Waals surface area (Å²) in [5.74, 6) is 1.73. The molecule has 3 aromatic rings. The minimum absolute atomic E-state index is 0.801. The molecular formula is C17H17N3OS2. The Bertz CT molecular complexity index is 803. The van der Waals surface area contributed by atoms with Gasteiger partial charge in [-0.25, -0.2) is 9.97 Å². The molecule has 0 saturated carbocycles. The van der Waals surface area contributed by atoms with Crippen molar-refractivity contribution in [2.75, 3.05) is 12.4 Å². The number of aryl methyl sites for hydroxylation is 2. The van der Waals surface area contributed by atoms with Crippen LogP contribution in [0, 0.1) is 13.8 Å². The van der Waals surface area contributed by atoms with E-state index in [1.165, 1.54) is 10.5 Å². The molecule has 0 aliphatic heterocycles. The van der Waals surface area contributed by atoms with E-state index >= 15 is 0 Å². The number of ether oxygens (including phenoxy) is 1. The lowest BCUT2D eigenvalue weighted by molar-refractivity contribution is 0.411. The molecule has 1 N–H and O–H groups in total. The van der Waals surface area contributed by atoms with Gasteiger partial charge in [-0.05, 0) is 49.2 Å². The van der Waals surface area contributed by atoms with Gasteiger partial charge in [0.05, 0.1) is 17.5 Å². The Morgan fingerprint density at radius 1 is 1.13 bits per heavy atom. The molecule has 118 valence electrons. The molecule has 2 heterocycles. The highest BCUT2D eigenvalue weighted by Gasteiger charge is 2.09. The smallest absolute Gasteiger partial charge is 0.189 e. The van der Waals surface area contributed by atoms with Crippen LogP contribution >= 0.6 is 23.1 Å². The fraction of sp³-hybridized carbons (Fsp3) is 0.176. The Morgan fingerprint density at radius 2 is 2.00 bits per heavy atom. The number of nitrogens with zero attached hydrogens (tertiary/aromatic N) is 2. The predicted octanol–water partition coefficient (Wildman–Crippen LogP) is 5.06. The molecule has 0 spiro atoms. The third-order valence-electron chi connectivity index (χ3n) is 3.29. The number of thiazole rings is 1. The monoisotopic (exact) mass is 343 g/mol. The van der Waals surface area contributed by atoms with Gasteiger partial charge in [0.1, 0.15) is 11.6 Å². The van der Waals surface area contributed by atoms with Crippen LogP contribution in [-0.2, 0) is 0 Å².